The third-order valence-corrected chi connectivity index (χ3v) is 1.72. The van der Waals surface area contributed by atoms with Crippen LogP contribution in [0.1, 0.15) is 26.3 Å². The first kappa shape index (κ1) is 13.6. The molecule has 0 aromatic heterocycles. The second kappa shape index (κ2) is 6.98. The smallest absolute Gasteiger partial charge is 0.134 e. The van der Waals surface area contributed by atoms with Gasteiger partial charge >= 0.3 is 0 Å². The Morgan fingerprint density at radius 3 is 2.47 bits per heavy atom. The molecule has 1 aromatic carbocycles. The fraction of sp³-hybridized carbons (Fsp3) is 0.417. The van der Waals surface area contributed by atoms with Crippen LogP contribution in [0.4, 0.5) is 4.39 Å². The van der Waals surface area contributed by atoms with Crippen molar-refractivity contribution in [3.05, 3.63) is 29.6 Å². The van der Waals surface area contributed by atoms with E-state index >= 15 is 0 Å². The zero-order chi connectivity index (χ0) is 11.8. The zero-order valence-corrected chi connectivity index (χ0v) is 9.63. The highest BCUT2D eigenvalue weighted by Gasteiger charge is 2.10. The molecule has 0 aliphatic carbocycles. The fourth-order valence-electron chi connectivity index (χ4n) is 1.15. The van der Waals surface area contributed by atoms with Gasteiger partial charge in [-0.15, -0.1) is 0 Å². The minimum absolute atomic E-state index is 0.0792. The number of ketones is 1. The van der Waals surface area contributed by atoms with Crippen molar-refractivity contribution < 1.29 is 13.9 Å². The molecule has 2 nitrogen and oxygen atoms in total. The van der Waals surface area contributed by atoms with E-state index in [0.717, 1.165) is 0 Å². The van der Waals surface area contributed by atoms with Gasteiger partial charge in [0.1, 0.15) is 17.3 Å². The first-order valence-electron chi connectivity index (χ1n) is 4.96. The summed E-state index contributed by atoms with van der Waals surface area (Å²) in [4.78, 5) is 10.8. The number of hydrogen-bond donors (Lipinski definition) is 0. The Bertz CT molecular complexity index is 321. The zero-order valence-electron chi connectivity index (χ0n) is 9.63. The highest BCUT2D eigenvalue weighted by Crippen LogP contribution is 2.21. The molecular weight excluding hydrogens is 195 g/mol. The first-order chi connectivity index (χ1) is 7.15. The van der Waals surface area contributed by atoms with Gasteiger partial charge in [0.2, 0.25) is 0 Å². The van der Waals surface area contributed by atoms with Crippen LogP contribution in [0, 0.1) is 5.82 Å². The molecule has 0 radical (unpaired) electrons. The van der Waals surface area contributed by atoms with Gasteiger partial charge in [0.15, 0.2) is 0 Å². The van der Waals surface area contributed by atoms with Crippen LogP contribution in [0.5, 0.6) is 5.75 Å². The van der Waals surface area contributed by atoms with Crippen LogP contribution in [0.2, 0.25) is 0 Å². The molecule has 0 saturated carbocycles. The van der Waals surface area contributed by atoms with Gasteiger partial charge in [0.25, 0.3) is 0 Å². The minimum atomic E-state index is -0.394. The summed E-state index contributed by atoms with van der Waals surface area (Å²) in [6.07, 6.45) is 0.0792. The highest BCUT2D eigenvalue weighted by atomic mass is 19.1. The van der Waals surface area contributed by atoms with Gasteiger partial charge in [-0.3, -0.25) is 4.79 Å². The van der Waals surface area contributed by atoms with Crippen LogP contribution in [-0.4, -0.2) is 12.9 Å². The number of halogens is 1. The molecule has 1 rings (SSSR count). The molecule has 0 atom stereocenters. The summed E-state index contributed by atoms with van der Waals surface area (Å²) >= 11 is 0. The molecule has 84 valence electrons. The van der Waals surface area contributed by atoms with Gasteiger partial charge in [0.05, 0.1) is 7.11 Å². The summed E-state index contributed by atoms with van der Waals surface area (Å²) in [6, 6.07) is 4.51. The summed E-state index contributed by atoms with van der Waals surface area (Å²) < 4.78 is 18.1. The van der Waals surface area contributed by atoms with Gasteiger partial charge in [0, 0.05) is 12.0 Å². The third-order valence-electron chi connectivity index (χ3n) is 1.72. The molecule has 0 unspecified atom stereocenters. The van der Waals surface area contributed by atoms with E-state index in [9.17, 15) is 9.18 Å². The fourth-order valence-corrected chi connectivity index (χ4v) is 1.15. The van der Waals surface area contributed by atoms with Crippen molar-refractivity contribution in [1.29, 1.82) is 0 Å². The molecule has 1 aromatic rings. The van der Waals surface area contributed by atoms with Crippen molar-refractivity contribution >= 4 is 5.78 Å². The summed E-state index contributed by atoms with van der Waals surface area (Å²) in [7, 11) is 1.46. The molecule has 0 saturated heterocycles. The Labute approximate surface area is 90.1 Å². The predicted octanol–water partition coefficient (Wildman–Crippen LogP) is 2.99. The summed E-state index contributed by atoms with van der Waals surface area (Å²) in [5.74, 6) is -0.0480. The van der Waals surface area contributed by atoms with E-state index in [1.807, 2.05) is 13.8 Å². The van der Waals surface area contributed by atoms with E-state index in [-0.39, 0.29) is 12.2 Å². The largest absolute Gasteiger partial charge is 0.496 e. The van der Waals surface area contributed by atoms with E-state index in [1.54, 1.807) is 12.1 Å². The SMILES string of the molecule is CC.COc1cccc(F)c1CC(C)=O. The Hall–Kier alpha value is -1.38. The highest BCUT2D eigenvalue weighted by molar-refractivity contribution is 5.79. The molecule has 0 bridgehead atoms. The maximum absolute atomic E-state index is 13.2. The maximum atomic E-state index is 13.2. The standard InChI is InChI=1S/C10H11FO2.C2H6/c1-7(12)6-8-9(11)4-3-5-10(8)13-2;1-2/h3-5H,6H2,1-2H3;1-2H3. The molecule has 0 aliphatic heterocycles. The average molecular weight is 212 g/mol. The second-order valence-electron chi connectivity index (χ2n) is 2.80. The molecule has 0 fully saturated rings. The molecule has 3 heteroatoms. The van der Waals surface area contributed by atoms with Crippen LogP contribution in [0.15, 0.2) is 18.2 Å². The van der Waals surface area contributed by atoms with E-state index in [0.29, 0.717) is 11.3 Å². The maximum Gasteiger partial charge on any atom is 0.134 e. The average Bonchev–Trinajstić information content (AvgIpc) is 2.23. The Kier molecular flexibility index (Phi) is 6.34. The molecule has 0 spiro atoms. The van der Waals surface area contributed by atoms with Crippen LogP contribution >= 0.6 is 0 Å². The van der Waals surface area contributed by atoms with Crippen molar-refractivity contribution in [2.45, 2.75) is 27.2 Å². The first-order valence-corrected chi connectivity index (χ1v) is 4.96. The lowest BCUT2D eigenvalue weighted by Gasteiger charge is -2.06. The lowest BCUT2D eigenvalue weighted by molar-refractivity contribution is -0.116. The van der Waals surface area contributed by atoms with Gasteiger partial charge in [-0.2, -0.15) is 0 Å². The predicted molar refractivity (Wildman–Crippen MR) is 58.7 cm³/mol. The number of methoxy groups -OCH3 is 1. The number of ether oxygens (including phenoxy) is 1. The molecular formula is C12H17FO2. The summed E-state index contributed by atoms with van der Waals surface area (Å²) in [6.45, 7) is 5.42. The molecule has 0 N–H and O–H groups in total. The van der Waals surface area contributed by atoms with Crippen LogP contribution in [-0.2, 0) is 11.2 Å². The van der Waals surface area contributed by atoms with E-state index in [4.69, 9.17) is 4.74 Å². The van der Waals surface area contributed by atoms with E-state index < -0.39 is 5.82 Å². The van der Waals surface area contributed by atoms with E-state index in [2.05, 4.69) is 0 Å². The second-order valence-corrected chi connectivity index (χ2v) is 2.80. The van der Waals surface area contributed by atoms with Crippen molar-refractivity contribution in [3.63, 3.8) is 0 Å². The molecule has 0 amide bonds. The lowest BCUT2D eigenvalue weighted by Crippen LogP contribution is -2.02. The third kappa shape index (κ3) is 4.11. The van der Waals surface area contributed by atoms with Crippen molar-refractivity contribution in [3.8, 4) is 5.75 Å². The summed E-state index contributed by atoms with van der Waals surface area (Å²) in [5.41, 5.74) is 0.331. The quantitative estimate of drug-likeness (QED) is 0.769. The molecule has 0 aliphatic rings. The monoisotopic (exact) mass is 212 g/mol. The van der Waals surface area contributed by atoms with Gasteiger partial charge in [-0.1, -0.05) is 19.9 Å². The number of Topliss-reactive ketones (excluding diaryl/α,β-unsaturated/α-hetero) is 1. The van der Waals surface area contributed by atoms with Gasteiger partial charge in [-0.25, -0.2) is 4.39 Å². The van der Waals surface area contributed by atoms with Crippen LogP contribution in [0.3, 0.4) is 0 Å². The van der Waals surface area contributed by atoms with Crippen molar-refractivity contribution in [2.75, 3.05) is 7.11 Å². The van der Waals surface area contributed by atoms with Gasteiger partial charge < -0.3 is 4.74 Å². The number of hydrogen-bond acceptors (Lipinski definition) is 2. The molecule has 0 heterocycles. The number of rotatable bonds is 3. The summed E-state index contributed by atoms with van der Waals surface area (Å²) in [5, 5.41) is 0. The minimum Gasteiger partial charge on any atom is -0.496 e. The number of benzene rings is 1. The number of carbonyl (C=O) groups excluding carboxylic acids is 1. The normalized spacial score (nSPS) is 8.87. The lowest BCUT2D eigenvalue weighted by atomic mass is 10.1. The number of carbonyl (C=O) groups is 1. The Morgan fingerprint density at radius 1 is 1.40 bits per heavy atom. The topological polar surface area (TPSA) is 26.3 Å². The van der Waals surface area contributed by atoms with E-state index in [1.165, 1.54) is 20.1 Å². The van der Waals surface area contributed by atoms with Crippen molar-refractivity contribution in [1.82, 2.24) is 0 Å². The Morgan fingerprint density at radius 2 is 2.00 bits per heavy atom. The van der Waals surface area contributed by atoms with Crippen molar-refractivity contribution in [2.24, 2.45) is 0 Å². The Balaban J connectivity index is 0.000000921. The molecule has 15 heavy (non-hydrogen) atoms. The van der Waals surface area contributed by atoms with Crippen LogP contribution in [0.25, 0.3) is 0 Å². The van der Waals surface area contributed by atoms with Gasteiger partial charge in [-0.05, 0) is 19.1 Å². The van der Waals surface area contributed by atoms with Crippen LogP contribution < -0.4 is 4.74 Å².